The van der Waals surface area contributed by atoms with Gasteiger partial charge in [0.05, 0.1) is 18.7 Å². The minimum Gasteiger partial charge on any atom is -0.462 e. The Kier molecular flexibility index (Phi) is 5.38. The third kappa shape index (κ3) is 4.02. The van der Waals surface area contributed by atoms with Gasteiger partial charge in [-0.3, -0.25) is 4.79 Å². The first kappa shape index (κ1) is 17.5. The molecule has 1 aromatic heterocycles. The van der Waals surface area contributed by atoms with E-state index in [1.54, 1.807) is 18.4 Å². The van der Waals surface area contributed by atoms with Crippen LogP contribution in [0.5, 0.6) is 0 Å². The van der Waals surface area contributed by atoms with Gasteiger partial charge in [0, 0.05) is 12.2 Å². The lowest BCUT2D eigenvalue weighted by Crippen LogP contribution is -2.36. The normalized spacial score (nSPS) is 13.3. The molecule has 0 aliphatic carbocycles. The number of fused-ring (bicyclic) bond motifs is 1. The third-order valence-corrected chi connectivity index (χ3v) is 5.03. The number of benzene rings is 1. The number of carbonyl (C=O) groups excluding carboxylic acids is 2. The number of aryl methyl sites for hydroxylation is 2. The number of hydrogen-bond acceptors (Lipinski definition) is 5. The molecule has 0 atom stereocenters. The molecule has 0 spiro atoms. The van der Waals surface area contributed by atoms with Crippen molar-refractivity contribution in [1.82, 2.24) is 0 Å². The van der Waals surface area contributed by atoms with Gasteiger partial charge in [-0.1, -0.05) is 17.7 Å². The first-order valence-corrected chi connectivity index (χ1v) is 9.35. The van der Waals surface area contributed by atoms with Crippen molar-refractivity contribution in [2.75, 3.05) is 29.9 Å². The van der Waals surface area contributed by atoms with Crippen molar-refractivity contribution in [2.24, 2.45) is 0 Å². The Balaban J connectivity index is 1.69. The number of hydrogen-bond donors (Lipinski definition) is 1. The maximum Gasteiger partial charge on any atom is 0.341 e. The van der Waals surface area contributed by atoms with E-state index < -0.39 is 5.97 Å². The Bertz CT molecular complexity index is 785. The summed E-state index contributed by atoms with van der Waals surface area (Å²) in [4.78, 5) is 26.5. The fourth-order valence-electron chi connectivity index (χ4n) is 3.08. The smallest absolute Gasteiger partial charge is 0.341 e. The number of nitrogens with zero attached hydrogens (tertiary/aromatic N) is 1. The van der Waals surface area contributed by atoms with E-state index in [0.29, 0.717) is 17.2 Å². The van der Waals surface area contributed by atoms with Crippen LogP contribution in [0.3, 0.4) is 0 Å². The summed E-state index contributed by atoms with van der Waals surface area (Å²) in [6, 6.07) is 8.04. The molecule has 1 aliphatic heterocycles. The molecular formula is C19H22N2O3S. The summed E-state index contributed by atoms with van der Waals surface area (Å²) in [6.45, 7) is 5.29. The number of nitrogens with one attached hydrogen (secondary N) is 1. The van der Waals surface area contributed by atoms with Crippen LogP contribution in [0.4, 0.5) is 10.7 Å². The first-order valence-electron chi connectivity index (χ1n) is 8.47. The number of rotatable bonds is 5. The van der Waals surface area contributed by atoms with Gasteiger partial charge in [0.25, 0.3) is 0 Å². The maximum absolute atomic E-state index is 12.5. The van der Waals surface area contributed by atoms with E-state index >= 15 is 0 Å². The Morgan fingerprint density at radius 1 is 1.32 bits per heavy atom. The highest BCUT2D eigenvalue weighted by Crippen LogP contribution is 2.28. The minimum atomic E-state index is -0.405. The van der Waals surface area contributed by atoms with Crippen LogP contribution in [0.25, 0.3) is 0 Å². The SMILES string of the molecule is CCOC(=O)c1ccsc1NC(=O)CN1CCCc2cc(C)ccc21. The Labute approximate surface area is 151 Å². The molecule has 3 rings (SSSR count). The van der Waals surface area contributed by atoms with Crippen LogP contribution in [0.1, 0.15) is 34.8 Å². The lowest BCUT2D eigenvalue weighted by molar-refractivity contribution is -0.115. The third-order valence-electron chi connectivity index (χ3n) is 4.20. The van der Waals surface area contributed by atoms with Crippen molar-refractivity contribution in [3.05, 3.63) is 46.3 Å². The summed E-state index contributed by atoms with van der Waals surface area (Å²) >= 11 is 1.33. The van der Waals surface area contributed by atoms with Gasteiger partial charge in [-0.05, 0) is 49.8 Å². The highest BCUT2D eigenvalue weighted by atomic mass is 32.1. The number of amides is 1. The number of carbonyl (C=O) groups is 2. The standard InChI is InChI=1S/C19H22N2O3S/c1-3-24-19(23)15-8-10-25-18(15)20-17(22)12-21-9-4-5-14-11-13(2)6-7-16(14)21/h6-8,10-11H,3-5,9,12H2,1-2H3,(H,20,22). The molecule has 1 aliphatic rings. The van der Waals surface area contributed by atoms with Crippen molar-refractivity contribution >= 4 is 33.9 Å². The van der Waals surface area contributed by atoms with E-state index in [4.69, 9.17) is 4.74 Å². The quantitative estimate of drug-likeness (QED) is 0.830. The molecule has 2 aromatic rings. The van der Waals surface area contributed by atoms with E-state index in [1.165, 1.54) is 22.5 Å². The molecular weight excluding hydrogens is 336 g/mol. The average molecular weight is 358 g/mol. The number of ether oxygens (including phenoxy) is 1. The van der Waals surface area contributed by atoms with Crippen molar-refractivity contribution in [1.29, 1.82) is 0 Å². The number of thiophene rings is 1. The molecule has 0 fully saturated rings. The van der Waals surface area contributed by atoms with Gasteiger partial charge in [-0.2, -0.15) is 0 Å². The predicted molar refractivity (Wildman–Crippen MR) is 101 cm³/mol. The molecule has 0 saturated heterocycles. The molecule has 6 heteroatoms. The van der Waals surface area contributed by atoms with Gasteiger partial charge < -0.3 is 15.0 Å². The largest absolute Gasteiger partial charge is 0.462 e. The lowest BCUT2D eigenvalue weighted by Gasteiger charge is -2.31. The second kappa shape index (κ2) is 7.70. The van der Waals surface area contributed by atoms with Gasteiger partial charge in [0.1, 0.15) is 5.00 Å². The number of anilines is 2. The fourth-order valence-corrected chi connectivity index (χ4v) is 3.87. The zero-order valence-corrected chi connectivity index (χ0v) is 15.3. The van der Waals surface area contributed by atoms with Crippen LogP contribution in [0.2, 0.25) is 0 Å². The summed E-state index contributed by atoms with van der Waals surface area (Å²) in [5.74, 6) is -0.528. The van der Waals surface area contributed by atoms with E-state index in [9.17, 15) is 9.59 Å². The van der Waals surface area contributed by atoms with Gasteiger partial charge in [-0.25, -0.2) is 4.79 Å². The van der Waals surface area contributed by atoms with E-state index in [1.807, 2.05) is 0 Å². The molecule has 0 radical (unpaired) electrons. The highest BCUT2D eigenvalue weighted by Gasteiger charge is 2.21. The molecule has 132 valence electrons. The second-order valence-electron chi connectivity index (χ2n) is 6.09. The summed E-state index contributed by atoms with van der Waals surface area (Å²) < 4.78 is 5.02. The Morgan fingerprint density at radius 3 is 2.96 bits per heavy atom. The lowest BCUT2D eigenvalue weighted by atomic mass is 9.99. The van der Waals surface area contributed by atoms with Crippen molar-refractivity contribution in [3.8, 4) is 0 Å². The van der Waals surface area contributed by atoms with E-state index in [-0.39, 0.29) is 12.5 Å². The van der Waals surface area contributed by atoms with Gasteiger partial charge >= 0.3 is 5.97 Å². The monoisotopic (exact) mass is 358 g/mol. The second-order valence-corrected chi connectivity index (χ2v) is 7.01. The summed E-state index contributed by atoms with van der Waals surface area (Å²) in [7, 11) is 0. The molecule has 25 heavy (non-hydrogen) atoms. The van der Waals surface area contributed by atoms with Gasteiger partial charge in [0.2, 0.25) is 5.91 Å². The minimum absolute atomic E-state index is 0.124. The maximum atomic E-state index is 12.5. The first-order chi connectivity index (χ1) is 12.1. The van der Waals surface area contributed by atoms with Gasteiger partial charge in [0.15, 0.2) is 0 Å². The van der Waals surface area contributed by atoms with Crippen molar-refractivity contribution in [2.45, 2.75) is 26.7 Å². The Morgan fingerprint density at radius 2 is 2.16 bits per heavy atom. The van der Waals surface area contributed by atoms with Crippen LogP contribution in [0.15, 0.2) is 29.6 Å². The molecule has 5 nitrogen and oxygen atoms in total. The van der Waals surface area contributed by atoms with Gasteiger partial charge in [-0.15, -0.1) is 11.3 Å². The average Bonchev–Trinajstić information content (AvgIpc) is 3.03. The molecule has 0 saturated carbocycles. The summed E-state index contributed by atoms with van der Waals surface area (Å²) in [5, 5.41) is 5.18. The van der Waals surface area contributed by atoms with Crippen LogP contribution < -0.4 is 10.2 Å². The molecule has 0 unspecified atom stereocenters. The molecule has 1 amide bonds. The molecule has 0 bridgehead atoms. The summed E-state index contributed by atoms with van der Waals surface area (Å²) in [5.41, 5.74) is 4.07. The zero-order chi connectivity index (χ0) is 17.8. The van der Waals surface area contributed by atoms with E-state index in [2.05, 4.69) is 35.3 Å². The van der Waals surface area contributed by atoms with E-state index in [0.717, 1.165) is 25.1 Å². The van der Waals surface area contributed by atoms with Crippen LogP contribution in [-0.2, 0) is 16.0 Å². The summed E-state index contributed by atoms with van der Waals surface area (Å²) in [6.07, 6.45) is 2.09. The molecule has 1 N–H and O–H groups in total. The highest BCUT2D eigenvalue weighted by molar-refractivity contribution is 7.14. The van der Waals surface area contributed by atoms with Crippen molar-refractivity contribution < 1.29 is 14.3 Å². The zero-order valence-electron chi connectivity index (χ0n) is 14.5. The Hall–Kier alpha value is -2.34. The molecule has 2 heterocycles. The molecule has 1 aromatic carbocycles. The topological polar surface area (TPSA) is 58.6 Å². The van der Waals surface area contributed by atoms with Crippen LogP contribution in [-0.4, -0.2) is 31.6 Å². The van der Waals surface area contributed by atoms with Crippen LogP contribution in [0, 0.1) is 6.92 Å². The number of esters is 1. The fraction of sp³-hybridized carbons (Fsp3) is 0.368. The van der Waals surface area contributed by atoms with Crippen LogP contribution >= 0.6 is 11.3 Å². The predicted octanol–water partition coefficient (Wildman–Crippen LogP) is 3.62. The van der Waals surface area contributed by atoms with Crippen molar-refractivity contribution in [3.63, 3.8) is 0 Å².